The van der Waals surface area contributed by atoms with Gasteiger partial charge >= 0.3 is 11.9 Å². The molecule has 0 N–H and O–H groups in total. The van der Waals surface area contributed by atoms with E-state index in [-0.39, 0.29) is 28.6 Å². The third-order valence-electron chi connectivity index (χ3n) is 5.63. The van der Waals surface area contributed by atoms with Crippen LogP contribution in [0.3, 0.4) is 0 Å². The van der Waals surface area contributed by atoms with E-state index in [0.717, 1.165) is 19.3 Å². The van der Waals surface area contributed by atoms with E-state index >= 15 is 0 Å². The fourth-order valence-corrected chi connectivity index (χ4v) is 4.34. The highest BCUT2D eigenvalue weighted by molar-refractivity contribution is 6.40. The number of esters is 2. The van der Waals surface area contributed by atoms with Crippen LogP contribution in [0.15, 0.2) is 12.1 Å². The van der Waals surface area contributed by atoms with Crippen molar-refractivity contribution in [2.45, 2.75) is 91.4 Å². The van der Waals surface area contributed by atoms with E-state index in [0.29, 0.717) is 11.6 Å². The number of halogens is 3. The molecule has 0 spiro atoms. The third kappa shape index (κ3) is 8.82. The van der Waals surface area contributed by atoms with Crippen molar-refractivity contribution in [1.82, 2.24) is 0 Å². The molecule has 0 fully saturated rings. The molecule has 0 aliphatic heterocycles. The fraction of sp³-hybridized carbons (Fsp3) is 0.667. The molecular weight excluding hydrogens is 459 g/mol. The summed E-state index contributed by atoms with van der Waals surface area (Å²) in [5.74, 6) is -1.29. The second-order valence-electron chi connectivity index (χ2n) is 7.84. The van der Waals surface area contributed by atoms with E-state index in [1.807, 2.05) is 0 Å². The van der Waals surface area contributed by atoms with Crippen LogP contribution in [0, 0.1) is 5.41 Å². The van der Waals surface area contributed by atoms with Gasteiger partial charge in [0.25, 0.3) is 0 Å². The first-order chi connectivity index (χ1) is 14.8. The van der Waals surface area contributed by atoms with Crippen molar-refractivity contribution in [3.63, 3.8) is 0 Å². The van der Waals surface area contributed by atoms with Crippen LogP contribution in [-0.4, -0.2) is 18.5 Å². The van der Waals surface area contributed by atoms with Crippen LogP contribution in [0.2, 0.25) is 15.1 Å². The average Bonchev–Trinajstić information content (AvgIpc) is 2.73. The van der Waals surface area contributed by atoms with Crippen molar-refractivity contribution in [2.75, 3.05) is 6.61 Å². The van der Waals surface area contributed by atoms with E-state index in [2.05, 4.69) is 6.92 Å². The van der Waals surface area contributed by atoms with Crippen LogP contribution < -0.4 is 4.74 Å². The Morgan fingerprint density at radius 2 is 1.26 bits per heavy atom. The highest BCUT2D eigenvalue weighted by Crippen LogP contribution is 2.38. The Hall–Kier alpha value is -0.970. The van der Waals surface area contributed by atoms with Crippen molar-refractivity contribution in [1.29, 1.82) is 0 Å². The van der Waals surface area contributed by atoms with Gasteiger partial charge in [-0.3, -0.25) is 9.59 Å². The van der Waals surface area contributed by atoms with Crippen LogP contribution in [-0.2, 0) is 14.3 Å². The molecule has 1 rings (SSSR count). The molecule has 0 unspecified atom stereocenters. The summed E-state index contributed by atoms with van der Waals surface area (Å²) >= 11 is 18.1. The third-order valence-corrected chi connectivity index (χ3v) is 6.41. The van der Waals surface area contributed by atoms with Gasteiger partial charge in [-0.05, 0) is 31.4 Å². The van der Waals surface area contributed by atoms with Crippen LogP contribution in [0.1, 0.15) is 91.4 Å². The first-order valence-electron chi connectivity index (χ1n) is 11.4. The molecule has 1 aromatic rings. The van der Waals surface area contributed by atoms with Crippen LogP contribution >= 0.6 is 34.8 Å². The van der Waals surface area contributed by atoms with Crippen molar-refractivity contribution in [2.24, 2.45) is 5.41 Å². The van der Waals surface area contributed by atoms with Gasteiger partial charge in [0.2, 0.25) is 0 Å². The molecule has 0 aromatic heterocycles. The number of benzene rings is 1. The summed E-state index contributed by atoms with van der Waals surface area (Å²) in [5.41, 5.74) is -1.40. The lowest BCUT2D eigenvalue weighted by Gasteiger charge is -2.27. The molecule has 0 heterocycles. The predicted molar refractivity (Wildman–Crippen MR) is 128 cm³/mol. The molecule has 31 heavy (non-hydrogen) atoms. The molecule has 0 aliphatic rings. The molecule has 4 nitrogen and oxygen atoms in total. The van der Waals surface area contributed by atoms with Crippen LogP contribution in [0.4, 0.5) is 0 Å². The molecule has 0 radical (unpaired) electrons. The maximum Gasteiger partial charge on any atom is 0.328 e. The molecule has 0 atom stereocenters. The Morgan fingerprint density at radius 3 is 1.74 bits per heavy atom. The van der Waals surface area contributed by atoms with Gasteiger partial charge in [0.1, 0.15) is 0 Å². The lowest BCUT2D eigenvalue weighted by Crippen LogP contribution is -2.42. The second kappa shape index (κ2) is 15.0. The van der Waals surface area contributed by atoms with E-state index in [1.165, 1.54) is 50.7 Å². The predicted octanol–water partition coefficient (Wildman–Crippen LogP) is 8.43. The highest BCUT2D eigenvalue weighted by Gasteiger charge is 2.46. The SMILES string of the molecule is CCCCCCCCCCCOC(=O)C(CC)(CC)C(=O)Oc1c(Cl)cc(Cl)cc1Cl. The first-order valence-corrected chi connectivity index (χ1v) is 12.5. The molecule has 176 valence electrons. The van der Waals surface area contributed by atoms with Crippen molar-refractivity contribution in [3.05, 3.63) is 27.2 Å². The van der Waals surface area contributed by atoms with Gasteiger partial charge in [-0.25, -0.2) is 0 Å². The summed E-state index contributed by atoms with van der Waals surface area (Å²) in [7, 11) is 0. The lowest BCUT2D eigenvalue weighted by molar-refractivity contribution is -0.168. The summed E-state index contributed by atoms with van der Waals surface area (Å²) in [5, 5.41) is 0.539. The van der Waals surface area contributed by atoms with Crippen molar-refractivity contribution >= 4 is 46.7 Å². The number of ether oxygens (including phenoxy) is 2. The van der Waals surface area contributed by atoms with Gasteiger partial charge in [0.05, 0.1) is 16.7 Å². The van der Waals surface area contributed by atoms with Gasteiger partial charge < -0.3 is 9.47 Å². The Morgan fingerprint density at radius 1 is 0.774 bits per heavy atom. The minimum absolute atomic E-state index is 0.00394. The van der Waals surface area contributed by atoms with Crippen molar-refractivity contribution < 1.29 is 19.1 Å². The minimum atomic E-state index is -1.40. The Balaban J connectivity index is 2.55. The number of unbranched alkanes of at least 4 members (excludes halogenated alkanes) is 8. The summed E-state index contributed by atoms with van der Waals surface area (Å²) < 4.78 is 10.9. The molecule has 0 aliphatic carbocycles. The zero-order chi connectivity index (χ0) is 23.3. The number of carbonyl (C=O) groups is 2. The lowest BCUT2D eigenvalue weighted by atomic mass is 9.82. The monoisotopic (exact) mass is 492 g/mol. The van der Waals surface area contributed by atoms with Crippen LogP contribution in [0.25, 0.3) is 0 Å². The van der Waals surface area contributed by atoms with Gasteiger partial charge in [-0.2, -0.15) is 0 Å². The van der Waals surface area contributed by atoms with Crippen LogP contribution in [0.5, 0.6) is 5.75 Å². The number of rotatable bonds is 15. The molecule has 0 bridgehead atoms. The van der Waals surface area contributed by atoms with E-state index in [1.54, 1.807) is 13.8 Å². The second-order valence-corrected chi connectivity index (χ2v) is 9.09. The molecule has 0 saturated heterocycles. The Bertz CT molecular complexity index is 679. The molecule has 7 heteroatoms. The van der Waals surface area contributed by atoms with Gasteiger partial charge in [0, 0.05) is 5.02 Å². The van der Waals surface area contributed by atoms with Gasteiger partial charge in [-0.15, -0.1) is 0 Å². The number of hydrogen-bond donors (Lipinski definition) is 0. The maximum atomic E-state index is 12.9. The summed E-state index contributed by atoms with van der Waals surface area (Å²) in [4.78, 5) is 25.7. The number of hydrogen-bond acceptors (Lipinski definition) is 4. The average molecular weight is 494 g/mol. The largest absolute Gasteiger partial charge is 0.465 e. The zero-order valence-electron chi connectivity index (χ0n) is 18.9. The highest BCUT2D eigenvalue weighted by atomic mass is 35.5. The van der Waals surface area contributed by atoms with E-state index < -0.39 is 17.4 Å². The van der Waals surface area contributed by atoms with Gasteiger partial charge in [-0.1, -0.05) is 107 Å². The molecular formula is C24H35Cl3O4. The van der Waals surface area contributed by atoms with Gasteiger partial charge in [0.15, 0.2) is 11.2 Å². The molecule has 0 amide bonds. The van der Waals surface area contributed by atoms with E-state index in [9.17, 15) is 9.59 Å². The Labute approximate surface area is 201 Å². The Kier molecular flexibility index (Phi) is 13.6. The fourth-order valence-electron chi connectivity index (χ4n) is 3.44. The minimum Gasteiger partial charge on any atom is -0.465 e. The quantitative estimate of drug-likeness (QED) is 0.106. The molecule has 0 saturated carbocycles. The summed E-state index contributed by atoms with van der Waals surface area (Å²) in [6.45, 7) is 6.03. The smallest absolute Gasteiger partial charge is 0.328 e. The van der Waals surface area contributed by atoms with E-state index in [4.69, 9.17) is 44.3 Å². The summed E-state index contributed by atoms with van der Waals surface area (Å²) in [6, 6.07) is 2.86. The summed E-state index contributed by atoms with van der Waals surface area (Å²) in [6.07, 6.45) is 11.1. The van der Waals surface area contributed by atoms with Crippen molar-refractivity contribution in [3.8, 4) is 5.75 Å². The molecule has 1 aromatic carbocycles. The normalized spacial score (nSPS) is 11.4. The zero-order valence-corrected chi connectivity index (χ0v) is 21.2. The maximum absolute atomic E-state index is 12.9. The first kappa shape index (κ1) is 28.1. The number of carbonyl (C=O) groups excluding carboxylic acids is 2. The topological polar surface area (TPSA) is 52.6 Å². The standard InChI is InChI=1S/C24H35Cl3O4/c1-4-7-8-9-10-11-12-13-14-15-30-22(28)24(5-2,6-3)23(29)31-21-19(26)16-18(25)17-20(21)27/h16-17H,4-15H2,1-3H3.